The van der Waals surface area contributed by atoms with Crippen LogP contribution in [0.15, 0.2) is 36.5 Å². The van der Waals surface area contributed by atoms with Crippen molar-refractivity contribution in [3.63, 3.8) is 0 Å². The lowest BCUT2D eigenvalue weighted by Crippen LogP contribution is -2.25. The van der Waals surface area contributed by atoms with E-state index in [1.54, 1.807) is 19.3 Å². The first kappa shape index (κ1) is 13.8. The highest BCUT2D eigenvalue weighted by atomic mass is 16.2. The third kappa shape index (κ3) is 3.25. The molecule has 0 aliphatic rings. The van der Waals surface area contributed by atoms with Crippen LogP contribution >= 0.6 is 0 Å². The van der Waals surface area contributed by atoms with E-state index >= 15 is 0 Å². The van der Waals surface area contributed by atoms with Gasteiger partial charge in [-0.3, -0.25) is 9.48 Å². The molecule has 1 aromatic heterocycles. The largest absolute Gasteiger partial charge is 0.347 e. The molecule has 0 radical (unpaired) electrons. The molecule has 0 aliphatic heterocycles. The highest BCUT2D eigenvalue weighted by Crippen LogP contribution is 2.07. The average molecular weight is 268 g/mol. The summed E-state index contributed by atoms with van der Waals surface area (Å²) in [5.74, 6) is 5.66. The Morgan fingerprint density at radius 1 is 1.40 bits per heavy atom. The number of nitrogens with two attached hydrogens (primary N) is 1. The fourth-order valence-corrected chi connectivity index (χ4v) is 1.81. The maximum Gasteiger partial charge on any atom is 0.269 e. The number of carbonyl (C=O) groups excluding carboxylic acids is 1. The first-order chi connectivity index (χ1) is 9.72. The van der Waals surface area contributed by atoms with Gasteiger partial charge < -0.3 is 11.1 Å². The average Bonchev–Trinajstić information content (AvgIpc) is 2.89. The first-order valence-corrected chi connectivity index (χ1v) is 6.25. The highest BCUT2D eigenvalue weighted by molar-refractivity contribution is 5.92. The zero-order valence-electron chi connectivity index (χ0n) is 11.3. The van der Waals surface area contributed by atoms with Gasteiger partial charge in [-0.25, -0.2) is 0 Å². The fourth-order valence-electron chi connectivity index (χ4n) is 1.81. The van der Waals surface area contributed by atoms with Crippen LogP contribution in [0, 0.1) is 11.8 Å². The molecular weight excluding hydrogens is 252 g/mol. The zero-order chi connectivity index (χ0) is 14.4. The SMILES string of the molecule is Cn1nccc1C(=O)NCc1ccccc1C#CCN. The molecule has 3 N–H and O–H groups in total. The van der Waals surface area contributed by atoms with Gasteiger partial charge in [0.25, 0.3) is 5.91 Å². The molecule has 5 heteroatoms. The quantitative estimate of drug-likeness (QED) is 0.803. The predicted molar refractivity (Wildman–Crippen MR) is 76.8 cm³/mol. The molecule has 0 saturated heterocycles. The van der Waals surface area contributed by atoms with Crippen LogP contribution in [0.5, 0.6) is 0 Å². The minimum Gasteiger partial charge on any atom is -0.347 e. The van der Waals surface area contributed by atoms with Crippen LogP contribution in [0.2, 0.25) is 0 Å². The lowest BCUT2D eigenvalue weighted by atomic mass is 10.1. The predicted octanol–water partition coefficient (Wildman–Crippen LogP) is 0.660. The minimum atomic E-state index is -0.161. The summed E-state index contributed by atoms with van der Waals surface area (Å²) < 4.78 is 1.54. The molecule has 0 fully saturated rings. The van der Waals surface area contributed by atoms with Gasteiger partial charge >= 0.3 is 0 Å². The molecule has 5 nitrogen and oxygen atoms in total. The molecule has 0 atom stereocenters. The zero-order valence-corrected chi connectivity index (χ0v) is 11.3. The summed E-state index contributed by atoms with van der Waals surface area (Å²) in [5.41, 5.74) is 7.74. The Morgan fingerprint density at radius 3 is 2.90 bits per heavy atom. The molecule has 2 rings (SSSR count). The molecule has 102 valence electrons. The summed E-state index contributed by atoms with van der Waals surface area (Å²) in [6.45, 7) is 0.731. The molecule has 0 spiro atoms. The van der Waals surface area contributed by atoms with E-state index in [9.17, 15) is 4.79 Å². The summed E-state index contributed by atoms with van der Waals surface area (Å²) in [4.78, 5) is 12.0. The molecular formula is C15H16N4O. The summed E-state index contributed by atoms with van der Waals surface area (Å²) in [7, 11) is 1.73. The van der Waals surface area contributed by atoms with Crippen LogP contribution in [0.4, 0.5) is 0 Å². The number of hydrogen-bond donors (Lipinski definition) is 2. The number of aryl methyl sites for hydroxylation is 1. The second kappa shape index (κ2) is 6.55. The molecule has 0 aliphatic carbocycles. The molecule has 1 heterocycles. The summed E-state index contributed by atoms with van der Waals surface area (Å²) in [6, 6.07) is 9.35. The van der Waals surface area contributed by atoms with Crippen LogP contribution < -0.4 is 11.1 Å². The van der Waals surface area contributed by atoms with Gasteiger partial charge in [-0.2, -0.15) is 5.10 Å². The summed E-state index contributed by atoms with van der Waals surface area (Å²) in [6.07, 6.45) is 1.59. The van der Waals surface area contributed by atoms with Crippen molar-refractivity contribution in [3.05, 3.63) is 53.3 Å². The third-order valence-corrected chi connectivity index (χ3v) is 2.84. The van der Waals surface area contributed by atoms with Gasteiger partial charge in [-0.1, -0.05) is 30.0 Å². The van der Waals surface area contributed by atoms with E-state index in [0.29, 0.717) is 18.8 Å². The highest BCUT2D eigenvalue weighted by Gasteiger charge is 2.09. The third-order valence-electron chi connectivity index (χ3n) is 2.84. The Labute approximate surface area is 117 Å². The smallest absolute Gasteiger partial charge is 0.269 e. The van der Waals surface area contributed by atoms with Crippen molar-refractivity contribution in [1.29, 1.82) is 0 Å². The van der Waals surface area contributed by atoms with Crippen molar-refractivity contribution in [3.8, 4) is 11.8 Å². The number of carbonyl (C=O) groups is 1. The van der Waals surface area contributed by atoms with Gasteiger partial charge in [0.05, 0.1) is 6.54 Å². The maximum absolute atomic E-state index is 12.0. The van der Waals surface area contributed by atoms with Crippen molar-refractivity contribution in [2.24, 2.45) is 12.8 Å². The van der Waals surface area contributed by atoms with E-state index in [-0.39, 0.29) is 5.91 Å². The lowest BCUT2D eigenvalue weighted by molar-refractivity contribution is 0.0941. The number of benzene rings is 1. The van der Waals surface area contributed by atoms with Crippen molar-refractivity contribution in [2.75, 3.05) is 6.54 Å². The minimum absolute atomic E-state index is 0.161. The number of nitrogens with one attached hydrogen (secondary N) is 1. The Bertz CT molecular complexity index is 664. The molecule has 0 bridgehead atoms. The van der Waals surface area contributed by atoms with E-state index in [2.05, 4.69) is 22.3 Å². The van der Waals surface area contributed by atoms with Crippen LogP contribution in [0.25, 0.3) is 0 Å². The van der Waals surface area contributed by atoms with Gasteiger partial charge in [0.1, 0.15) is 5.69 Å². The monoisotopic (exact) mass is 268 g/mol. The topological polar surface area (TPSA) is 72.9 Å². The van der Waals surface area contributed by atoms with Gasteiger partial charge in [0, 0.05) is 25.4 Å². The molecule has 1 aromatic carbocycles. The maximum atomic E-state index is 12.0. The number of amides is 1. The van der Waals surface area contributed by atoms with Crippen LogP contribution in [0.1, 0.15) is 21.6 Å². The van der Waals surface area contributed by atoms with E-state index in [1.165, 1.54) is 4.68 Å². The molecule has 0 unspecified atom stereocenters. The van der Waals surface area contributed by atoms with Crippen molar-refractivity contribution in [2.45, 2.75) is 6.54 Å². The Kier molecular flexibility index (Phi) is 4.53. The van der Waals surface area contributed by atoms with E-state index in [0.717, 1.165) is 11.1 Å². The van der Waals surface area contributed by atoms with E-state index in [1.807, 2.05) is 24.3 Å². The fraction of sp³-hybridized carbons (Fsp3) is 0.200. The van der Waals surface area contributed by atoms with Gasteiger partial charge in [-0.15, -0.1) is 0 Å². The van der Waals surface area contributed by atoms with Crippen molar-refractivity contribution < 1.29 is 4.79 Å². The molecule has 2 aromatic rings. The van der Waals surface area contributed by atoms with E-state index in [4.69, 9.17) is 5.73 Å². The lowest BCUT2D eigenvalue weighted by Gasteiger charge is -2.07. The normalized spacial score (nSPS) is 9.70. The van der Waals surface area contributed by atoms with Crippen LogP contribution in [-0.4, -0.2) is 22.2 Å². The Hall–Kier alpha value is -2.58. The number of aromatic nitrogens is 2. The number of nitrogens with zero attached hydrogens (tertiary/aromatic N) is 2. The molecule has 1 amide bonds. The van der Waals surface area contributed by atoms with E-state index < -0.39 is 0 Å². The first-order valence-electron chi connectivity index (χ1n) is 6.25. The Balaban J connectivity index is 2.08. The molecule has 0 saturated carbocycles. The van der Waals surface area contributed by atoms with Crippen LogP contribution in [-0.2, 0) is 13.6 Å². The Morgan fingerprint density at radius 2 is 2.20 bits per heavy atom. The molecule has 20 heavy (non-hydrogen) atoms. The number of rotatable bonds is 3. The van der Waals surface area contributed by atoms with Gasteiger partial charge in [-0.05, 0) is 17.7 Å². The van der Waals surface area contributed by atoms with Crippen molar-refractivity contribution >= 4 is 5.91 Å². The van der Waals surface area contributed by atoms with Gasteiger partial charge in [0.15, 0.2) is 0 Å². The standard InChI is InChI=1S/C15H16N4O/c1-19-14(8-10-18-19)15(20)17-11-13-6-3-2-5-12(13)7-4-9-16/h2-3,5-6,8,10H,9,11,16H2,1H3,(H,17,20). The second-order valence-corrected chi connectivity index (χ2v) is 4.19. The van der Waals surface area contributed by atoms with Gasteiger partial charge in [0.2, 0.25) is 0 Å². The second-order valence-electron chi connectivity index (χ2n) is 4.19. The number of hydrogen-bond acceptors (Lipinski definition) is 3. The summed E-state index contributed by atoms with van der Waals surface area (Å²) in [5, 5.41) is 6.83. The summed E-state index contributed by atoms with van der Waals surface area (Å²) >= 11 is 0. The van der Waals surface area contributed by atoms with Crippen LogP contribution in [0.3, 0.4) is 0 Å². The van der Waals surface area contributed by atoms with Crippen molar-refractivity contribution in [1.82, 2.24) is 15.1 Å².